The first-order valence-corrected chi connectivity index (χ1v) is 7.89. The molecular weight excluding hydrogens is 260 g/mol. The Morgan fingerprint density at radius 3 is 2.48 bits per heavy atom. The number of hydrogen-bond donors (Lipinski definition) is 2. The minimum Gasteiger partial charge on any atom is -0.325 e. The number of para-hydroxylation sites is 1. The van der Waals surface area contributed by atoms with Crippen LogP contribution in [0.3, 0.4) is 0 Å². The standard InChI is InChI=1S/C18H28N2O/c1-13(2)18(10-11-19-12-18)16(21)20-15-9-7-6-8-14(15)17(3,4)5/h6-9,13,19H,10-12H2,1-5H3,(H,20,21). The van der Waals surface area contributed by atoms with E-state index in [-0.39, 0.29) is 16.7 Å². The molecule has 1 fully saturated rings. The van der Waals surface area contributed by atoms with Gasteiger partial charge in [-0.15, -0.1) is 0 Å². The molecule has 1 aliphatic rings. The summed E-state index contributed by atoms with van der Waals surface area (Å²) in [6.45, 7) is 12.5. The predicted octanol–water partition coefficient (Wildman–Crippen LogP) is 3.56. The van der Waals surface area contributed by atoms with Crippen molar-refractivity contribution in [3.63, 3.8) is 0 Å². The van der Waals surface area contributed by atoms with E-state index in [0.29, 0.717) is 5.92 Å². The van der Waals surface area contributed by atoms with E-state index in [9.17, 15) is 4.79 Å². The van der Waals surface area contributed by atoms with Gasteiger partial charge in [-0.2, -0.15) is 0 Å². The van der Waals surface area contributed by atoms with Gasteiger partial charge in [-0.25, -0.2) is 0 Å². The third-order valence-corrected chi connectivity index (χ3v) is 4.73. The van der Waals surface area contributed by atoms with Gasteiger partial charge in [-0.05, 0) is 35.9 Å². The van der Waals surface area contributed by atoms with Crippen molar-refractivity contribution in [3.05, 3.63) is 29.8 Å². The molecule has 1 saturated heterocycles. The van der Waals surface area contributed by atoms with E-state index in [4.69, 9.17) is 0 Å². The predicted molar refractivity (Wildman–Crippen MR) is 88.5 cm³/mol. The maximum Gasteiger partial charge on any atom is 0.232 e. The number of hydrogen-bond acceptors (Lipinski definition) is 2. The average molecular weight is 288 g/mol. The van der Waals surface area contributed by atoms with Gasteiger partial charge in [0.15, 0.2) is 0 Å². The molecule has 2 rings (SSSR count). The van der Waals surface area contributed by atoms with Crippen LogP contribution in [0.4, 0.5) is 5.69 Å². The first-order chi connectivity index (χ1) is 9.77. The molecule has 3 heteroatoms. The van der Waals surface area contributed by atoms with Crippen molar-refractivity contribution in [3.8, 4) is 0 Å². The third-order valence-electron chi connectivity index (χ3n) is 4.73. The van der Waals surface area contributed by atoms with Crippen LogP contribution in [-0.4, -0.2) is 19.0 Å². The lowest BCUT2D eigenvalue weighted by Crippen LogP contribution is -2.42. The van der Waals surface area contributed by atoms with Gasteiger partial charge < -0.3 is 10.6 Å². The average Bonchev–Trinajstić information content (AvgIpc) is 2.88. The summed E-state index contributed by atoms with van der Waals surface area (Å²) in [5.74, 6) is 0.480. The zero-order valence-corrected chi connectivity index (χ0v) is 13.9. The summed E-state index contributed by atoms with van der Waals surface area (Å²) in [7, 11) is 0. The van der Waals surface area contributed by atoms with Gasteiger partial charge in [0.05, 0.1) is 5.41 Å². The van der Waals surface area contributed by atoms with Crippen LogP contribution >= 0.6 is 0 Å². The highest BCUT2D eigenvalue weighted by Crippen LogP contribution is 2.37. The number of nitrogens with one attached hydrogen (secondary N) is 2. The highest BCUT2D eigenvalue weighted by Gasteiger charge is 2.44. The molecule has 0 bridgehead atoms. The highest BCUT2D eigenvalue weighted by atomic mass is 16.2. The van der Waals surface area contributed by atoms with Crippen molar-refractivity contribution in [1.29, 1.82) is 0 Å². The molecule has 1 atom stereocenters. The quantitative estimate of drug-likeness (QED) is 0.893. The van der Waals surface area contributed by atoms with Crippen molar-refractivity contribution >= 4 is 11.6 Å². The maximum absolute atomic E-state index is 12.9. The topological polar surface area (TPSA) is 41.1 Å². The number of anilines is 1. The van der Waals surface area contributed by atoms with Gasteiger partial charge >= 0.3 is 0 Å². The van der Waals surface area contributed by atoms with Crippen LogP contribution in [0.25, 0.3) is 0 Å². The number of carbonyl (C=O) groups is 1. The Hall–Kier alpha value is -1.35. The molecule has 0 aromatic heterocycles. The summed E-state index contributed by atoms with van der Waals surface area (Å²) in [5.41, 5.74) is 1.86. The minimum absolute atomic E-state index is 0.0167. The molecule has 1 amide bonds. The first kappa shape index (κ1) is 16.0. The summed E-state index contributed by atoms with van der Waals surface area (Å²) < 4.78 is 0. The van der Waals surface area contributed by atoms with Crippen LogP contribution in [0.1, 0.15) is 46.6 Å². The largest absolute Gasteiger partial charge is 0.325 e. The van der Waals surface area contributed by atoms with Crippen molar-refractivity contribution in [2.24, 2.45) is 11.3 Å². The Labute approximate surface area is 128 Å². The molecule has 116 valence electrons. The van der Waals surface area contributed by atoms with Gasteiger partial charge in [0.1, 0.15) is 0 Å². The number of amides is 1. The second-order valence-electron chi connectivity index (χ2n) is 7.49. The second kappa shape index (κ2) is 5.80. The van der Waals surface area contributed by atoms with Gasteiger partial charge in [-0.1, -0.05) is 52.8 Å². The molecule has 0 radical (unpaired) electrons. The lowest BCUT2D eigenvalue weighted by atomic mass is 9.75. The Morgan fingerprint density at radius 2 is 1.95 bits per heavy atom. The molecule has 1 heterocycles. The van der Waals surface area contributed by atoms with E-state index < -0.39 is 0 Å². The zero-order valence-electron chi connectivity index (χ0n) is 13.9. The molecular formula is C18H28N2O. The van der Waals surface area contributed by atoms with Crippen molar-refractivity contribution < 1.29 is 4.79 Å². The maximum atomic E-state index is 12.9. The van der Waals surface area contributed by atoms with Crippen LogP contribution in [0.2, 0.25) is 0 Å². The Bertz CT molecular complexity index is 508. The van der Waals surface area contributed by atoms with E-state index >= 15 is 0 Å². The van der Waals surface area contributed by atoms with Gasteiger partial charge in [0, 0.05) is 12.2 Å². The van der Waals surface area contributed by atoms with E-state index in [0.717, 1.165) is 25.2 Å². The lowest BCUT2D eigenvalue weighted by molar-refractivity contribution is -0.126. The summed E-state index contributed by atoms with van der Waals surface area (Å²) in [6, 6.07) is 8.13. The van der Waals surface area contributed by atoms with E-state index in [1.807, 2.05) is 18.2 Å². The molecule has 1 aromatic carbocycles. The van der Waals surface area contributed by atoms with Gasteiger partial charge in [0.25, 0.3) is 0 Å². The van der Waals surface area contributed by atoms with Crippen LogP contribution < -0.4 is 10.6 Å². The third kappa shape index (κ3) is 3.13. The van der Waals surface area contributed by atoms with Gasteiger partial charge in [-0.3, -0.25) is 4.79 Å². The fourth-order valence-electron chi connectivity index (χ4n) is 3.15. The van der Waals surface area contributed by atoms with Crippen molar-refractivity contribution in [1.82, 2.24) is 5.32 Å². The van der Waals surface area contributed by atoms with Crippen LogP contribution in [0.5, 0.6) is 0 Å². The summed E-state index contributed by atoms with van der Waals surface area (Å²) >= 11 is 0. The Balaban J connectivity index is 2.28. The van der Waals surface area contributed by atoms with Crippen molar-refractivity contribution in [2.75, 3.05) is 18.4 Å². The molecule has 0 saturated carbocycles. The van der Waals surface area contributed by atoms with Crippen LogP contribution in [-0.2, 0) is 10.2 Å². The lowest BCUT2D eigenvalue weighted by Gasteiger charge is -2.32. The molecule has 1 aromatic rings. The zero-order chi connectivity index (χ0) is 15.7. The van der Waals surface area contributed by atoms with Crippen LogP contribution in [0.15, 0.2) is 24.3 Å². The summed E-state index contributed by atoms with van der Waals surface area (Å²) in [5, 5.41) is 6.55. The van der Waals surface area contributed by atoms with Crippen molar-refractivity contribution in [2.45, 2.75) is 46.5 Å². The number of benzene rings is 1. The smallest absolute Gasteiger partial charge is 0.232 e. The SMILES string of the molecule is CC(C)C1(C(=O)Nc2ccccc2C(C)(C)C)CCNC1. The highest BCUT2D eigenvalue weighted by molar-refractivity contribution is 5.96. The fraction of sp³-hybridized carbons (Fsp3) is 0.611. The molecule has 2 N–H and O–H groups in total. The Kier molecular flexibility index (Phi) is 4.43. The molecule has 1 unspecified atom stereocenters. The monoisotopic (exact) mass is 288 g/mol. The molecule has 0 aliphatic carbocycles. The number of rotatable bonds is 3. The molecule has 1 aliphatic heterocycles. The Morgan fingerprint density at radius 1 is 1.29 bits per heavy atom. The fourth-order valence-corrected chi connectivity index (χ4v) is 3.15. The van der Waals surface area contributed by atoms with E-state index in [1.165, 1.54) is 5.56 Å². The van der Waals surface area contributed by atoms with Crippen LogP contribution in [0, 0.1) is 11.3 Å². The normalized spacial score (nSPS) is 22.6. The molecule has 3 nitrogen and oxygen atoms in total. The summed E-state index contributed by atoms with van der Waals surface area (Å²) in [4.78, 5) is 12.9. The molecule has 0 spiro atoms. The van der Waals surface area contributed by atoms with Gasteiger partial charge in [0.2, 0.25) is 5.91 Å². The van der Waals surface area contributed by atoms with E-state index in [1.54, 1.807) is 0 Å². The second-order valence-corrected chi connectivity index (χ2v) is 7.49. The number of carbonyl (C=O) groups excluding carboxylic acids is 1. The minimum atomic E-state index is -0.287. The summed E-state index contributed by atoms with van der Waals surface area (Å²) in [6.07, 6.45) is 0.911. The molecule has 21 heavy (non-hydrogen) atoms. The van der Waals surface area contributed by atoms with E-state index in [2.05, 4.69) is 51.3 Å². The first-order valence-electron chi connectivity index (χ1n) is 7.89.